The van der Waals surface area contributed by atoms with E-state index in [2.05, 4.69) is 26.9 Å². The molecule has 0 saturated carbocycles. The van der Waals surface area contributed by atoms with Crippen LogP contribution in [0.4, 0.5) is 4.39 Å². The first kappa shape index (κ1) is 18.5. The Morgan fingerprint density at radius 3 is 2.44 bits per heavy atom. The second kappa shape index (κ2) is 7.92. The average Bonchev–Trinajstić information content (AvgIpc) is 3.11. The molecular formula is C17H22FN3O2S2. The molecule has 3 rings (SSSR count). The van der Waals surface area contributed by atoms with Gasteiger partial charge in [-0.25, -0.2) is 17.5 Å². The van der Waals surface area contributed by atoms with Crippen LogP contribution in [0.15, 0.2) is 46.0 Å². The quantitative estimate of drug-likeness (QED) is 0.831. The summed E-state index contributed by atoms with van der Waals surface area (Å²) in [7, 11) is -1.57. The lowest BCUT2D eigenvalue weighted by atomic mass is 10.1. The minimum Gasteiger partial charge on any atom is -0.304 e. The number of halogens is 1. The van der Waals surface area contributed by atoms with Crippen molar-refractivity contribution in [2.45, 2.75) is 10.9 Å². The molecule has 1 aliphatic heterocycles. The first-order valence-electron chi connectivity index (χ1n) is 8.15. The summed E-state index contributed by atoms with van der Waals surface area (Å²) in [5.41, 5.74) is 1.12. The Balaban J connectivity index is 1.73. The van der Waals surface area contributed by atoms with Gasteiger partial charge < -0.3 is 4.90 Å². The largest absolute Gasteiger partial charge is 0.304 e. The summed E-state index contributed by atoms with van der Waals surface area (Å²) in [6.07, 6.45) is 0. The molecule has 136 valence electrons. The fourth-order valence-electron chi connectivity index (χ4n) is 2.94. The topological polar surface area (TPSA) is 52.6 Å². The van der Waals surface area contributed by atoms with Gasteiger partial charge in [-0.15, -0.1) is 0 Å². The van der Waals surface area contributed by atoms with E-state index in [0.717, 1.165) is 43.9 Å². The number of piperazine rings is 1. The van der Waals surface area contributed by atoms with Crippen LogP contribution in [0.3, 0.4) is 0 Å². The Hall–Kier alpha value is -1.32. The summed E-state index contributed by atoms with van der Waals surface area (Å²) in [6, 6.07) is 6.92. The van der Waals surface area contributed by atoms with E-state index in [4.69, 9.17) is 0 Å². The zero-order valence-electron chi connectivity index (χ0n) is 14.1. The molecule has 0 radical (unpaired) electrons. The molecule has 25 heavy (non-hydrogen) atoms. The summed E-state index contributed by atoms with van der Waals surface area (Å²) in [5.74, 6) is -0.451. The number of sulfonamides is 1. The molecule has 0 bridgehead atoms. The minimum absolute atomic E-state index is 0.00447. The number of nitrogens with zero attached hydrogens (tertiary/aromatic N) is 2. The van der Waals surface area contributed by atoms with Gasteiger partial charge in [0.25, 0.3) is 0 Å². The maximum atomic E-state index is 13.0. The molecule has 5 nitrogen and oxygen atoms in total. The second-order valence-electron chi connectivity index (χ2n) is 6.22. The number of hydrogen-bond donors (Lipinski definition) is 1. The summed E-state index contributed by atoms with van der Waals surface area (Å²) in [6.45, 7) is 4.02. The van der Waals surface area contributed by atoms with Crippen LogP contribution in [-0.2, 0) is 10.0 Å². The van der Waals surface area contributed by atoms with Crippen LogP contribution < -0.4 is 4.72 Å². The van der Waals surface area contributed by atoms with Crippen molar-refractivity contribution in [1.82, 2.24) is 14.5 Å². The van der Waals surface area contributed by atoms with Crippen LogP contribution in [-0.4, -0.2) is 58.0 Å². The molecular weight excluding hydrogens is 361 g/mol. The molecule has 2 heterocycles. The third kappa shape index (κ3) is 4.65. The third-order valence-electron chi connectivity index (χ3n) is 4.50. The molecule has 0 unspecified atom stereocenters. The highest BCUT2D eigenvalue weighted by molar-refractivity contribution is 7.89. The normalized spacial score (nSPS) is 18.3. The van der Waals surface area contributed by atoms with E-state index in [1.54, 1.807) is 11.3 Å². The Bertz CT molecular complexity index is 771. The predicted molar refractivity (Wildman–Crippen MR) is 97.7 cm³/mol. The van der Waals surface area contributed by atoms with Gasteiger partial charge in [0, 0.05) is 38.8 Å². The number of thiophene rings is 1. The van der Waals surface area contributed by atoms with Crippen molar-refractivity contribution in [2.24, 2.45) is 0 Å². The second-order valence-corrected chi connectivity index (χ2v) is 8.76. The van der Waals surface area contributed by atoms with Gasteiger partial charge in [0.05, 0.1) is 4.90 Å². The molecule has 1 aromatic heterocycles. The highest BCUT2D eigenvalue weighted by Crippen LogP contribution is 2.24. The zero-order chi connectivity index (χ0) is 17.9. The predicted octanol–water partition coefficient (Wildman–Crippen LogP) is 2.15. The highest BCUT2D eigenvalue weighted by atomic mass is 32.2. The highest BCUT2D eigenvalue weighted by Gasteiger charge is 2.26. The summed E-state index contributed by atoms with van der Waals surface area (Å²) in [4.78, 5) is 4.66. The first-order chi connectivity index (χ1) is 12.0. The van der Waals surface area contributed by atoms with E-state index in [0.29, 0.717) is 6.54 Å². The SMILES string of the molecule is CN1CCN([C@H](CNS(=O)(=O)c2ccc(F)cc2)c2ccsc2)CC1. The van der Waals surface area contributed by atoms with Crippen LogP contribution in [0.5, 0.6) is 0 Å². The van der Waals surface area contributed by atoms with E-state index in [1.165, 1.54) is 12.1 Å². The fraction of sp³-hybridized carbons (Fsp3) is 0.412. The summed E-state index contributed by atoms with van der Waals surface area (Å²) in [5, 5.41) is 4.07. The molecule has 0 spiro atoms. The lowest BCUT2D eigenvalue weighted by molar-refractivity contribution is 0.113. The Kier molecular flexibility index (Phi) is 5.85. The number of benzene rings is 1. The number of likely N-dealkylation sites (N-methyl/N-ethyl adjacent to an activating group) is 1. The fourth-order valence-corrected chi connectivity index (χ4v) is 4.69. The van der Waals surface area contributed by atoms with Gasteiger partial charge in [-0.1, -0.05) is 0 Å². The number of hydrogen-bond acceptors (Lipinski definition) is 5. The molecule has 1 fully saturated rings. The first-order valence-corrected chi connectivity index (χ1v) is 10.6. The van der Waals surface area contributed by atoms with Gasteiger partial charge in [0.2, 0.25) is 10.0 Å². The summed E-state index contributed by atoms with van der Waals surface area (Å²) >= 11 is 1.61. The van der Waals surface area contributed by atoms with Crippen molar-refractivity contribution in [1.29, 1.82) is 0 Å². The Morgan fingerprint density at radius 2 is 1.84 bits per heavy atom. The molecule has 1 atom stereocenters. The lowest BCUT2D eigenvalue weighted by Crippen LogP contribution is -2.48. The van der Waals surface area contributed by atoms with E-state index in [1.807, 2.05) is 11.4 Å². The van der Waals surface area contributed by atoms with Crippen LogP contribution in [0.1, 0.15) is 11.6 Å². The zero-order valence-corrected chi connectivity index (χ0v) is 15.7. The van der Waals surface area contributed by atoms with Crippen molar-refractivity contribution >= 4 is 21.4 Å². The van der Waals surface area contributed by atoms with E-state index < -0.39 is 15.8 Å². The molecule has 2 aromatic rings. The molecule has 1 aromatic carbocycles. The van der Waals surface area contributed by atoms with Gasteiger partial charge in [0.1, 0.15) is 5.82 Å². The molecule has 1 aliphatic rings. The smallest absolute Gasteiger partial charge is 0.240 e. The van der Waals surface area contributed by atoms with Crippen LogP contribution in [0.25, 0.3) is 0 Å². The van der Waals surface area contributed by atoms with Crippen molar-refractivity contribution in [2.75, 3.05) is 39.8 Å². The lowest BCUT2D eigenvalue weighted by Gasteiger charge is -2.37. The van der Waals surface area contributed by atoms with Gasteiger partial charge in [-0.3, -0.25) is 4.90 Å². The van der Waals surface area contributed by atoms with Crippen LogP contribution >= 0.6 is 11.3 Å². The van der Waals surface area contributed by atoms with Gasteiger partial charge in [-0.05, 0) is 53.7 Å². The van der Waals surface area contributed by atoms with E-state index >= 15 is 0 Å². The monoisotopic (exact) mass is 383 g/mol. The Labute approximate surface area is 152 Å². The van der Waals surface area contributed by atoms with Gasteiger partial charge in [-0.2, -0.15) is 11.3 Å². The average molecular weight is 384 g/mol. The van der Waals surface area contributed by atoms with Crippen molar-refractivity contribution in [3.05, 3.63) is 52.5 Å². The van der Waals surface area contributed by atoms with Gasteiger partial charge >= 0.3 is 0 Å². The molecule has 0 amide bonds. The molecule has 0 aliphatic carbocycles. The van der Waals surface area contributed by atoms with E-state index in [-0.39, 0.29) is 10.9 Å². The maximum absolute atomic E-state index is 13.0. The van der Waals surface area contributed by atoms with Crippen LogP contribution in [0.2, 0.25) is 0 Å². The van der Waals surface area contributed by atoms with Gasteiger partial charge in [0.15, 0.2) is 0 Å². The van der Waals surface area contributed by atoms with Crippen molar-refractivity contribution in [3.8, 4) is 0 Å². The molecule has 1 N–H and O–H groups in total. The standard InChI is InChI=1S/C17H22FN3O2S2/c1-20-7-9-21(10-8-20)17(14-6-11-24-13-14)12-19-25(22,23)16-4-2-15(18)3-5-16/h2-6,11,13,17,19H,7-10,12H2,1H3/t17-/m1/s1. The van der Waals surface area contributed by atoms with Crippen molar-refractivity contribution < 1.29 is 12.8 Å². The Morgan fingerprint density at radius 1 is 1.16 bits per heavy atom. The number of nitrogens with one attached hydrogen (secondary N) is 1. The molecule has 8 heteroatoms. The minimum atomic E-state index is -3.66. The van der Waals surface area contributed by atoms with E-state index in [9.17, 15) is 12.8 Å². The third-order valence-corrected chi connectivity index (χ3v) is 6.64. The maximum Gasteiger partial charge on any atom is 0.240 e. The molecule has 1 saturated heterocycles. The summed E-state index contributed by atoms with van der Waals surface area (Å²) < 4.78 is 40.7. The number of rotatable bonds is 6. The van der Waals surface area contributed by atoms with Crippen LogP contribution in [0, 0.1) is 5.82 Å². The van der Waals surface area contributed by atoms with Crippen molar-refractivity contribution in [3.63, 3.8) is 0 Å².